The second-order valence-electron chi connectivity index (χ2n) is 3.51. The number of hydrogen-bond acceptors (Lipinski definition) is 1. The molecule has 0 saturated carbocycles. The molecule has 0 aromatic carbocycles. The zero-order valence-electron chi connectivity index (χ0n) is 8.55. The van der Waals surface area contributed by atoms with Crippen molar-refractivity contribution in [2.24, 2.45) is 5.92 Å². The molecule has 0 aliphatic heterocycles. The van der Waals surface area contributed by atoms with Crippen LogP contribution in [0.4, 0.5) is 0 Å². The van der Waals surface area contributed by atoms with Gasteiger partial charge in [0.1, 0.15) is 0 Å². The number of allylic oxidation sites excluding steroid dienone is 1. The highest BCUT2D eigenvalue weighted by Gasteiger charge is 2.09. The Bertz CT molecular complexity index is 366. The molecular formula is C12H14ClN. The van der Waals surface area contributed by atoms with Crippen LogP contribution < -0.4 is 0 Å². The fourth-order valence-electron chi connectivity index (χ4n) is 1.20. The minimum absolute atomic E-state index is 0.396. The van der Waals surface area contributed by atoms with E-state index in [1.807, 2.05) is 6.07 Å². The van der Waals surface area contributed by atoms with Crippen LogP contribution in [-0.2, 0) is 0 Å². The summed E-state index contributed by atoms with van der Waals surface area (Å²) in [6, 6.07) is 1.92. The standard InChI is InChI=1S/C12H14ClN/c1-8(2)9(3)11-5-6-14-7-12(11)10(4)13/h5-8H,3-4H2,1-2H3. The number of aromatic nitrogens is 1. The molecule has 1 aromatic rings. The summed E-state index contributed by atoms with van der Waals surface area (Å²) in [6.07, 6.45) is 3.46. The Morgan fingerprint density at radius 1 is 1.36 bits per heavy atom. The van der Waals surface area contributed by atoms with Crippen molar-refractivity contribution in [2.45, 2.75) is 13.8 Å². The number of pyridine rings is 1. The van der Waals surface area contributed by atoms with Gasteiger partial charge < -0.3 is 0 Å². The first-order valence-electron chi connectivity index (χ1n) is 4.52. The maximum Gasteiger partial charge on any atom is 0.0428 e. The second-order valence-corrected chi connectivity index (χ2v) is 3.96. The smallest absolute Gasteiger partial charge is 0.0428 e. The van der Waals surface area contributed by atoms with Gasteiger partial charge in [0.25, 0.3) is 0 Å². The largest absolute Gasteiger partial charge is 0.264 e. The molecule has 1 rings (SSSR count). The van der Waals surface area contributed by atoms with Crippen LogP contribution in [0.1, 0.15) is 25.0 Å². The van der Waals surface area contributed by atoms with E-state index in [4.69, 9.17) is 11.6 Å². The summed E-state index contributed by atoms with van der Waals surface area (Å²) in [7, 11) is 0. The Labute approximate surface area is 90.1 Å². The van der Waals surface area contributed by atoms with Crippen molar-refractivity contribution in [2.75, 3.05) is 0 Å². The average molecular weight is 208 g/mol. The molecule has 0 aliphatic carbocycles. The molecule has 1 heterocycles. The molecule has 0 fully saturated rings. The monoisotopic (exact) mass is 207 g/mol. The molecule has 0 bridgehead atoms. The lowest BCUT2D eigenvalue weighted by atomic mass is 9.94. The first kappa shape index (κ1) is 11.0. The molecule has 0 spiro atoms. The quantitative estimate of drug-likeness (QED) is 0.731. The summed E-state index contributed by atoms with van der Waals surface area (Å²) in [5.41, 5.74) is 2.96. The number of halogens is 1. The van der Waals surface area contributed by atoms with Gasteiger partial charge in [0.2, 0.25) is 0 Å². The maximum absolute atomic E-state index is 5.88. The minimum Gasteiger partial charge on any atom is -0.264 e. The van der Waals surface area contributed by atoms with Crippen molar-refractivity contribution in [1.82, 2.24) is 4.98 Å². The minimum atomic E-state index is 0.396. The third-order valence-corrected chi connectivity index (χ3v) is 2.36. The first-order valence-corrected chi connectivity index (χ1v) is 4.89. The maximum atomic E-state index is 5.88. The molecule has 0 aliphatic rings. The molecule has 1 nitrogen and oxygen atoms in total. The predicted molar refractivity (Wildman–Crippen MR) is 63.0 cm³/mol. The summed E-state index contributed by atoms with van der Waals surface area (Å²) < 4.78 is 0. The summed E-state index contributed by atoms with van der Waals surface area (Å²) in [5.74, 6) is 0.396. The molecule has 0 unspecified atom stereocenters. The van der Waals surface area contributed by atoms with Crippen LogP contribution in [0.2, 0.25) is 0 Å². The highest BCUT2D eigenvalue weighted by atomic mass is 35.5. The van der Waals surface area contributed by atoms with Crippen LogP contribution in [0.25, 0.3) is 10.6 Å². The fourth-order valence-corrected chi connectivity index (χ4v) is 1.35. The average Bonchev–Trinajstić information content (AvgIpc) is 2.16. The van der Waals surface area contributed by atoms with Gasteiger partial charge >= 0.3 is 0 Å². The van der Waals surface area contributed by atoms with Gasteiger partial charge in [-0.15, -0.1) is 0 Å². The van der Waals surface area contributed by atoms with E-state index >= 15 is 0 Å². The molecule has 0 amide bonds. The Morgan fingerprint density at radius 3 is 2.50 bits per heavy atom. The number of hydrogen-bond donors (Lipinski definition) is 0. The Hall–Kier alpha value is -1.08. The molecule has 0 N–H and O–H groups in total. The Kier molecular flexibility index (Phi) is 3.48. The van der Waals surface area contributed by atoms with Crippen molar-refractivity contribution in [3.8, 4) is 0 Å². The normalized spacial score (nSPS) is 10.3. The third-order valence-electron chi connectivity index (χ3n) is 2.16. The van der Waals surface area contributed by atoms with Crippen LogP contribution in [0, 0.1) is 5.92 Å². The summed E-state index contributed by atoms with van der Waals surface area (Å²) in [5, 5.41) is 0.509. The van der Waals surface area contributed by atoms with Crippen LogP contribution in [0.15, 0.2) is 31.6 Å². The van der Waals surface area contributed by atoms with Crippen molar-refractivity contribution in [3.63, 3.8) is 0 Å². The Balaban J connectivity index is 3.20. The molecule has 0 atom stereocenters. The van der Waals surface area contributed by atoms with E-state index in [0.717, 1.165) is 16.7 Å². The summed E-state index contributed by atoms with van der Waals surface area (Å²) in [6.45, 7) is 12.0. The van der Waals surface area contributed by atoms with E-state index in [0.29, 0.717) is 11.0 Å². The lowest BCUT2D eigenvalue weighted by molar-refractivity contribution is 0.857. The van der Waals surface area contributed by atoms with Crippen molar-refractivity contribution in [3.05, 3.63) is 42.7 Å². The van der Waals surface area contributed by atoms with E-state index in [9.17, 15) is 0 Å². The van der Waals surface area contributed by atoms with Gasteiger partial charge in [-0.1, -0.05) is 38.6 Å². The Morgan fingerprint density at radius 2 is 2.00 bits per heavy atom. The van der Waals surface area contributed by atoms with E-state index in [-0.39, 0.29) is 0 Å². The van der Waals surface area contributed by atoms with Gasteiger partial charge in [0, 0.05) is 23.0 Å². The van der Waals surface area contributed by atoms with E-state index in [2.05, 4.69) is 32.0 Å². The van der Waals surface area contributed by atoms with Crippen LogP contribution in [0.3, 0.4) is 0 Å². The van der Waals surface area contributed by atoms with Crippen LogP contribution >= 0.6 is 11.6 Å². The van der Waals surface area contributed by atoms with Crippen molar-refractivity contribution < 1.29 is 0 Å². The highest BCUT2D eigenvalue weighted by molar-refractivity contribution is 6.48. The number of nitrogens with zero attached hydrogens (tertiary/aromatic N) is 1. The SMILES string of the molecule is C=C(Cl)c1cnccc1C(=C)C(C)C. The van der Waals surface area contributed by atoms with Gasteiger partial charge in [-0.2, -0.15) is 0 Å². The predicted octanol–water partition coefficient (Wildman–Crippen LogP) is 3.96. The second kappa shape index (κ2) is 4.43. The van der Waals surface area contributed by atoms with Gasteiger partial charge in [-0.3, -0.25) is 4.98 Å². The third kappa shape index (κ3) is 2.24. The van der Waals surface area contributed by atoms with E-state index in [1.165, 1.54) is 0 Å². The summed E-state index contributed by atoms with van der Waals surface area (Å²) >= 11 is 5.88. The lowest BCUT2D eigenvalue weighted by Gasteiger charge is -2.13. The molecule has 0 saturated heterocycles. The molecule has 2 heteroatoms. The van der Waals surface area contributed by atoms with Gasteiger partial charge in [-0.05, 0) is 23.1 Å². The highest BCUT2D eigenvalue weighted by Crippen LogP contribution is 2.28. The van der Waals surface area contributed by atoms with Gasteiger partial charge in [0.15, 0.2) is 0 Å². The van der Waals surface area contributed by atoms with Gasteiger partial charge in [-0.25, -0.2) is 0 Å². The fraction of sp³-hybridized carbons (Fsp3) is 0.250. The molecular weight excluding hydrogens is 194 g/mol. The topological polar surface area (TPSA) is 12.9 Å². The van der Waals surface area contributed by atoms with Gasteiger partial charge in [0.05, 0.1) is 0 Å². The first-order chi connectivity index (χ1) is 6.54. The van der Waals surface area contributed by atoms with Crippen LogP contribution in [-0.4, -0.2) is 4.98 Å². The molecule has 14 heavy (non-hydrogen) atoms. The molecule has 0 radical (unpaired) electrons. The van der Waals surface area contributed by atoms with Crippen LogP contribution in [0.5, 0.6) is 0 Å². The summed E-state index contributed by atoms with van der Waals surface area (Å²) in [4.78, 5) is 4.02. The van der Waals surface area contributed by atoms with Crippen molar-refractivity contribution >= 4 is 22.2 Å². The molecule has 1 aromatic heterocycles. The van der Waals surface area contributed by atoms with E-state index < -0.39 is 0 Å². The van der Waals surface area contributed by atoms with E-state index in [1.54, 1.807) is 12.4 Å². The van der Waals surface area contributed by atoms with Crippen molar-refractivity contribution in [1.29, 1.82) is 0 Å². The zero-order chi connectivity index (χ0) is 10.7. The number of rotatable bonds is 3. The molecule has 74 valence electrons. The zero-order valence-corrected chi connectivity index (χ0v) is 9.30. The lowest BCUT2D eigenvalue weighted by Crippen LogP contribution is -1.96.